The smallest absolute Gasteiger partial charge is 0.496 e. The van der Waals surface area contributed by atoms with Gasteiger partial charge in [0.05, 0.1) is 7.11 Å². The Bertz CT molecular complexity index is 672. The third kappa shape index (κ3) is 5.21. The van der Waals surface area contributed by atoms with Crippen LogP contribution in [0.1, 0.15) is 11.1 Å². The molecule has 0 saturated heterocycles. The van der Waals surface area contributed by atoms with Gasteiger partial charge in [-0.05, 0) is 18.2 Å². The highest BCUT2D eigenvalue weighted by Crippen LogP contribution is 2.26. The highest BCUT2D eigenvalue weighted by atomic mass is 19.4. The second-order valence-electron chi connectivity index (χ2n) is 4.33. The van der Waals surface area contributed by atoms with Crippen molar-refractivity contribution in [3.05, 3.63) is 59.7 Å². The number of alkyl halides is 3. The van der Waals surface area contributed by atoms with E-state index in [9.17, 15) is 13.2 Å². The Balaban J connectivity index is 2.00. The summed E-state index contributed by atoms with van der Waals surface area (Å²) < 4.78 is 45.9. The first-order valence-corrected chi connectivity index (χ1v) is 6.54. The summed E-state index contributed by atoms with van der Waals surface area (Å²) >= 11 is 0. The van der Waals surface area contributed by atoms with E-state index in [2.05, 4.69) is 16.1 Å². The third-order valence-electron chi connectivity index (χ3n) is 2.76. The van der Waals surface area contributed by atoms with E-state index < -0.39 is 6.36 Å². The number of para-hydroxylation sites is 2. The normalized spacial score (nSPS) is 11.5. The van der Waals surface area contributed by atoms with Crippen LogP contribution in [0.15, 0.2) is 53.7 Å². The van der Waals surface area contributed by atoms with Crippen molar-refractivity contribution in [3.8, 4) is 11.5 Å². The van der Waals surface area contributed by atoms with E-state index in [1.54, 1.807) is 30.3 Å². The van der Waals surface area contributed by atoms with Gasteiger partial charge in [-0.3, -0.25) is 0 Å². The molecule has 0 aliphatic carbocycles. The van der Waals surface area contributed by atoms with Crippen molar-refractivity contribution >= 4 is 6.21 Å². The van der Waals surface area contributed by atoms with E-state index in [0.29, 0.717) is 11.3 Å². The van der Waals surface area contributed by atoms with Gasteiger partial charge in [-0.1, -0.05) is 35.5 Å². The lowest BCUT2D eigenvalue weighted by atomic mass is 10.2. The van der Waals surface area contributed by atoms with E-state index in [4.69, 9.17) is 9.57 Å². The zero-order chi connectivity index (χ0) is 16.7. The number of halogens is 3. The van der Waals surface area contributed by atoms with Gasteiger partial charge in [-0.15, -0.1) is 13.2 Å². The highest BCUT2D eigenvalue weighted by molar-refractivity contribution is 5.82. The average molecular weight is 324 g/mol. The molecule has 0 saturated carbocycles. The van der Waals surface area contributed by atoms with Crippen LogP contribution in [-0.2, 0) is 11.4 Å². The van der Waals surface area contributed by atoms with Crippen LogP contribution in [0, 0.1) is 0 Å². The van der Waals surface area contributed by atoms with Crippen molar-refractivity contribution in [2.45, 2.75) is 13.0 Å². The molecule has 0 fully saturated rings. The number of nitrogens with zero attached hydrogens (tertiary/aromatic N) is 1. The Morgan fingerprint density at radius 3 is 2.35 bits per heavy atom. The van der Waals surface area contributed by atoms with Gasteiger partial charge < -0.3 is 14.3 Å². The molecule has 2 rings (SSSR count). The van der Waals surface area contributed by atoms with Gasteiger partial charge in [-0.25, -0.2) is 0 Å². The van der Waals surface area contributed by atoms with Crippen LogP contribution in [0.2, 0.25) is 0 Å². The fraction of sp³-hybridized carbons (Fsp3) is 0.188. The fourth-order valence-corrected chi connectivity index (χ4v) is 1.77. The number of methoxy groups -OCH3 is 1. The molecule has 0 atom stereocenters. The van der Waals surface area contributed by atoms with Crippen LogP contribution in [0.5, 0.6) is 11.5 Å². The van der Waals surface area contributed by atoms with Crippen LogP contribution in [0.25, 0.3) is 0 Å². The first kappa shape index (κ1) is 16.7. The van der Waals surface area contributed by atoms with Gasteiger partial charge in [0.25, 0.3) is 0 Å². The molecule has 2 aromatic carbocycles. The molecule has 23 heavy (non-hydrogen) atoms. The molecular formula is C16H13F3NO3. The lowest BCUT2D eigenvalue weighted by molar-refractivity contribution is -0.275. The summed E-state index contributed by atoms with van der Waals surface area (Å²) in [4.78, 5) is 4.99. The molecule has 0 aliphatic heterocycles. The minimum absolute atomic E-state index is 0.186. The van der Waals surface area contributed by atoms with Gasteiger partial charge in [0.1, 0.15) is 24.3 Å². The zero-order valence-corrected chi connectivity index (χ0v) is 12.1. The van der Waals surface area contributed by atoms with Crippen LogP contribution < -0.4 is 9.47 Å². The van der Waals surface area contributed by atoms with E-state index in [1.165, 1.54) is 25.3 Å². The topological polar surface area (TPSA) is 40.0 Å². The van der Waals surface area contributed by atoms with E-state index in [0.717, 1.165) is 0 Å². The lowest BCUT2D eigenvalue weighted by Crippen LogP contribution is -2.18. The summed E-state index contributed by atoms with van der Waals surface area (Å²) in [7, 11) is 1.51. The number of rotatable bonds is 6. The Morgan fingerprint density at radius 2 is 1.65 bits per heavy atom. The van der Waals surface area contributed by atoms with Crippen LogP contribution in [0.3, 0.4) is 0 Å². The average Bonchev–Trinajstić information content (AvgIpc) is 2.52. The van der Waals surface area contributed by atoms with Gasteiger partial charge >= 0.3 is 6.36 Å². The van der Waals surface area contributed by atoms with E-state index in [-0.39, 0.29) is 17.9 Å². The second kappa shape index (κ2) is 7.53. The quantitative estimate of drug-likeness (QED) is 0.595. The number of benzene rings is 2. The molecule has 0 unspecified atom stereocenters. The molecule has 0 amide bonds. The molecular weight excluding hydrogens is 311 g/mol. The molecule has 0 aromatic heterocycles. The van der Waals surface area contributed by atoms with Crippen LogP contribution >= 0.6 is 0 Å². The number of hydrogen-bond acceptors (Lipinski definition) is 4. The lowest BCUT2D eigenvalue weighted by Gasteiger charge is -2.12. The third-order valence-corrected chi connectivity index (χ3v) is 2.76. The van der Waals surface area contributed by atoms with Gasteiger partial charge in [-0.2, -0.15) is 0 Å². The maximum Gasteiger partial charge on any atom is 0.573 e. The Kier molecular flexibility index (Phi) is 5.46. The molecule has 0 N–H and O–H groups in total. The summed E-state index contributed by atoms with van der Waals surface area (Å²) in [5.41, 5.74) is 0.783. The van der Waals surface area contributed by atoms with Crippen molar-refractivity contribution in [2.24, 2.45) is 5.16 Å². The molecule has 0 aliphatic rings. The molecule has 4 nitrogen and oxygen atoms in total. The number of hydrogen-bond donors (Lipinski definition) is 0. The maximum atomic E-state index is 12.3. The van der Waals surface area contributed by atoms with E-state index in [1.807, 2.05) is 0 Å². The standard InChI is InChI=1S/C16H13F3NO3/c1-21-14-8-4-2-6-12(14)10-20-22-11-13-7-3-5-9-15(13)23-16(17,18)19/h2-9H,11H2,1H3. The summed E-state index contributed by atoms with van der Waals surface area (Å²) in [5.74, 6) is 0.230. The van der Waals surface area contributed by atoms with Crippen molar-refractivity contribution in [3.63, 3.8) is 0 Å². The molecule has 0 bridgehead atoms. The van der Waals surface area contributed by atoms with Crippen LogP contribution in [0.4, 0.5) is 13.2 Å². The van der Waals surface area contributed by atoms with Crippen molar-refractivity contribution in [1.29, 1.82) is 0 Å². The Labute approximate surface area is 131 Å². The van der Waals surface area contributed by atoms with E-state index >= 15 is 0 Å². The molecule has 0 heterocycles. The minimum Gasteiger partial charge on any atom is -0.496 e. The van der Waals surface area contributed by atoms with Gasteiger partial charge in [0.2, 0.25) is 0 Å². The first-order chi connectivity index (χ1) is 11.0. The second-order valence-corrected chi connectivity index (χ2v) is 4.33. The monoisotopic (exact) mass is 324 g/mol. The summed E-state index contributed by atoms with van der Waals surface area (Å²) in [6, 6.07) is 12.7. The molecule has 121 valence electrons. The van der Waals surface area contributed by atoms with Gasteiger partial charge in [0, 0.05) is 11.1 Å². The minimum atomic E-state index is -4.76. The molecule has 0 spiro atoms. The fourth-order valence-electron chi connectivity index (χ4n) is 1.77. The predicted octanol–water partition coefficient (Wildman–Crippen LogP) is 4.02. The van der Waals surface area contributed by atoms with Crippen molar-refractivity contribution in [1.82, 2.24) is 0 Å². The Hall–Kier alpha value is -2.70. The van der Waals surface area contributed by atoms with Crippen LogP contribution in [-0.4, -0.2) is 19.7 Å². The highest BCUT2D eigenvalue weighted by Gasteiger charge is 2.32. The van der Waals surface area contributed by atoms with Crippen molar-refractivity contribution < 1.29 is 27.5 Å². The summed E-state index contributed by atoms with van der Waals surface area (Å²) in [6.07, 6.45) is -2.14. The Morgan fingerprint density at radius 1 is 1.00 bits per heavy atom. The first-order valence-electron chi connectivity index (χ1n) is 6.54. The zero-order valence-electron chi connectivity index (χ0n) is 12.1. The maximum absolute atomic E-state index is 12.3. The molecule has 2 aromatic rings. The number of ether oxygens (including phenoxy) is 2. The molecule has 7 heteroatoms. The summed E-state index contributed by atoms with van der Waals surface area (Å²) in [5, 5.41) is 3.62. The SMILES string of the molecule is COc1ccccc1/[C]=N\OCc1ccccc1OC(F)(F)F. The summed E-state index contributed by atoms with van der Waals surface area (Å²) in [6.45, 7) is -0.186. The van der Waals surface area contributed by atoms with Gasteiger partial charge in [0.15, 0.2) is 0 Å². The predicted molar refractivity (Wildman–Crippen MR) is 77.4 cm³/mol. The van der Waals surface area contributed by atoms with Crippen molar-refractivity contribution in [2.75, 3.05) is 7.11 Å². The molecule has 1 radical (unpaired) electrons. The largest absolute Gasteiger partial charge is 0.573 e.